The van der Waals surface area contributed by atoms with Crippen LogP contribution in [0, 0.1) is 0 Å². The third kappa shape index (κ3) is 8.96. The van der Waals surface area contributed by atoms with Crippen LogP contribution >= 0.6 is 27.5 Å². The van der Waals surface area contributed by atoms with Gasteiger partial charge in [-0.25, -0.2) is 8.42 Å². The van der Waals surface area contributed by atoms with Crippen LogP contribution in [0.5, 0.6) is 5.75 Å². The predicted octanol–water partition coefficient (Wildman–Crippen LogP) is 6.42. The molecule has 0 fully saturated rings. The summed E-state index contributed by atoms with van der Waals surface area (Å²) in [5.74, 6) is -0.283. The average Bonchev–Trinajstić information content (AvgIpc) is 2.92. The van der Waals surface area contributed by atoms with Gasteiger partial charge in [0.05, 0.1) is 17.2 Å². The summed E-state index contributed by atoms with van der Waals surface area (Å²) in [5.41, 5.74) is 0.505. The highest BCUT2D eigenvalue weighted by molar-refractivity contribution is 9.10. The normalized spacial score (nSPS) is 12.4. The molecule has 1 N–H and O–H groups in total. The Kier molecular flexibility index (Phi) is 11.5. The van der Waals surface area contributed by atoms with Gasteiger partial charge in [-0.15, -0.1) is 0 Å². The van der Waals surface area contributed by atoms with E-state index in [9.17, 15) is 18.0 Å². The Labute approximate surface area is 262 Å². The first-order valence-electron chi connectivity index (χ1n) is 13.6. The molecule has 3 aromatic carbocycles. The van der Waals surface area contributed by atoms with E-state index in [1.54, 1.807) is 60.7 Å². The molecule has 8 nitrogen and oxygen atoms in total. The van der Waals surface area contributed by atoms with Gasteiger partial charge in [0, 0.05) is 21.6 Å². The van der Waals surface area contributed by atoms with Crippen LogP contribution in [-0.2, 0) is 26.2 Å². The lowest BCUT2D eigenvalue weighted by Gasteiger charge is -2.34. The van der Waals surface area contributed by atoms with E-state index in [1.807, 2.05) is 34.6 Å². The first-order chi connectivity index (χ1) is 19.7. The summed E-state index contributed by atoms with van der Waals surface area (Å²) in [6.45, 7) is 9.27. The van der Waals surface area contributed by atoms with Gasteiger partial charge in [0.25, 0.3) is 10.0 Å². The zero-order chi connectivity index (χ0) is 31.1. The highest BCUT2D eigenvalue weighted by Crippen LogP contribution is 2.28. The number of carbonyl (C=O) groups excluding carboxylic acids is 2. The van der Waals surface area contributed by atoms with Gasteiger partial charge in [-0.1, -0.05) is 46.6 Å². The van der Waals surface area contributed by atoms with Crippen LogP contribution in [0.1, 0.15) is 46.6 Å². The third-order valence-corrected chi connectivity index (χ3v) is 8.84. The number of hydrogen-bond donors (Lipinski definition) is 1. The number of sulfonamides is 1. The second-order valence-electron chi connectivity index (χ2n) is 10.7. The quantitative estimate of drug-likeness (QED) is 0.239. The number of amides is 2. The van der Waals surface area contributed by atoms with Gasteiger partial charge in [0.15, 0.2) is 0 Å². The molecule has 0 bridgehead atoms. The maximum atomic E-state index is 14.2. The zero-order valence-electron chi connectivity index (χ0n) is 24.4. The Morgan fingerprint density at radius 3 is 2.07 bits per heavy atom. The fourth-order valence-electron chi connectivity index (χ4n) is 4.30. The summed E-state index contributed by atoms with van der Waals surface area (Å²) >= 11 is 9.42. The van der Waals surface area contributed by atoms with E-state index in [0.717, 1.165) is 14.3 Å². The lowest BCUT2D eigenvalue weighted by Crippen LogP contribution is -2.55. The maximum absolute atomic E-state index is 14.2. The van der Waals surface area contributed by atoms with Crippen molar-refractivity contribution in [3.05, 3.63) is 87.9 Å². The van der Waals surface area contributed by atoms with Crippen molar-refractivity contribution in [2.24, 2.45) is 0 Å². The number of hydrogen-bond acceptors (Lipinski definition) is 5. The maximum Gasteiger partial charge on any atom is 0.264 e. The minimum atomic E-state index is -4.18. The average molecular weight is 679 g/mol. The number of anilines is 1. The number of benzene rings is 3. The minimum Gasteiger partial charge on any atom is -0.494 e. The second kappa shape index (κ2) is 14.4. The summed E-state index contributed by atoms with van der Waals surface area (Å²) in [4.78, 5) is 29.0. The first-order valence-corrected chi connectivity index (χ1v) is 16.2. The zero-order valence-corrected chi connectivity index (χ0v) is 27.6. The molecule has 0 radical (unpaired) electrons. The smallest absolute Gasteiger partial charge is 0.264 e. The topological polar surface area (TPSA) is 96.0 Å². The molecule has 0 aliphatic heterocycles. The molecule has 11 heteroatoms. The Hall–Kier alpha value is -3.08. The first kappa shape index (κ1) is 33.4. The number of rotatable bonds is 12. The lowest BCUT2D eigenvalue weighted by molar-refractivity contribution is -0.141. The van der Waals surface area contributed by atoms with Crippen molar-refractivity contribution >= 4 is 55.1 Å². The molecule has 0 spiro atoms. The van der Waals surface area contributed by atoms with Gasteiger partial charge in [0.2, 0.25) is 11.8 Å². The van der Waals surface area contributed by atoms with Crippen molar-refractivity contribution < 1.29 is 22.7 Å². The lowest BCUT2D eigenvalue weighted by atomic mass is 10.1. The number of halogens is 2. The van der Waals surface area contributed by atoms with Crippen LogP contribution in [0.2, 0.25) is 5.02 Å². The van der Waals surface area contributed by atoms with Crippen molar-refractivity contribution in [3.63, 3.8) is 0 Å². The van der Waals surface area contributed by atoms with Gasteiger partial charge in [-0.2, -0.15) is 0 Å². The molecule has 3 aromatic rings. The number of nitrogens with zero attached hydrogens (tertiary/aromatic N) is 2. The highest BCUT2D eigenvalue weighted by atomic mass is 79.9. The molecule has 0 aliphatic rings. The fourth-order valence-corrected chi connectivity index (χ4v) is 6.10. The van der Waals surface area contributed by atoms with Crippen molar-refractivity contribution in [1.29, 1.82) is 0 Å². The minimum absolute atomic E-state index is 0.0224. The van der Waals surface area contributed by atoms with E-state index in [2.05, 4.69) is 21.2 Å². The number of carbonyl (C=O) groups is 2. The molecule has 226 valence electrons. The molecule has 42 heavy (non-hydrogen) atoms. The van der Waals surface area contributed by atoms with Crippen LogP contribution < -0.4 is 14.4 Å². The van der Waals surface area contributed by atoms with E-state index in [0.29, 0.717) is 23.8 Å². The van der Waals surface area contributed by atoms with E-state index >= 15 is 0 Å². The summed E-state index contributed by atoms with van der Waals surface area (Å²) in [6.07, 6.45) is 0.323. The molecule has 0 heterocycles. The van der Waals surface area contributed by atoms with Gasteiger partial charge in [-0.05, 0) is 100 Å². The van der Waals surface area contributed by atoms with E-state index < -0.39 is 34.1 Å². The predicted molar refractivity (Wildman–Crippen MR) is 170 cm³/mol. The van der Waals surface area contributed by atoms with Gasteiger partial charge >= 0.3 is 0 Å². The Morgan fingerprint density at radius 2 is 1.55 bits per heavy atom. The Bertz CT molecular complexity index is 1460. The van der Waals surface area contributed by atoms with Crippen LogP contribution in [0.25, 0.3) is 0 Å². The standard InChI is InChI=1S/C31H37BrClN3O5S/c1-6-28(30(38)34-31(3,4)5)35(20-22-8-12-24(33)13-9-22)29(37)21-36(25-14-16-26(17-15-25)41-7-2)42(39,40)27-18-10-23(32)11-19-27/h8-19,28H,6-7,20-21H2,1-5H3,(H,34,38)/t28-/m1/s1. The molecule has 0 aliphatic carbocycles. The van der Waals surface area contributed by atoms with Crippen molar-refractivity contribution in [3.8, 4) is 5.75 Å². The molecule has 0 saturated heterocycles. The van der Waals surface area contributed by atoms with Crippen molar-refractivity contribution in [2.45, 2.75) is 64.1 Å². The van der Waals surface area contributed by atoms with Crippen LogP contribution in [0.3, 0.4) is 0 Å². The summed E-state index contributed by atoms with van der Waals surface area (Å²) in [5, 5.41) is 3.50. The number of ether oxygens (including phenoxy) is 1. The highest BCUT2D eigenvalue weighted by Gasteiger charge is 2.34. The van der Waals surface area contributed by atoms with Crippen LogP contribution in [0.4, 0.5) is 5.69 Å². The fraction of sp³-hybridized carbons (Fsp3) is 0.355. The van der Waals surface area contributed by atoms with Gasteiger partial charge < -0.3 is 15.0 Å². The molecule has 1 atom stereocenters. The van der Waals surface area contributed by atoms with E-state index in [4.69, 9.17) is 16.3 Å². The summed E-state index contributed by atoms with van der Waals surface area (Å²) < 4.78 is 35.3. The summed E-state index contributed by atoms with van der Waals surface area (Å²) in [6, 6.07) is 18.8. The van der Waals surface area contributed by atoms with Gasteiger partial charge in [0.1, 0.15) is 18.3 Å². The largest absolute Gasteiger partial charge is 0.494 e. The van der Waals surface area contributed by atoms with E-state index in [-0.39, 0.29) is 23.0 Å². The Morgan fingerprint density at radius 1 is 0.952 bits per heavy atom. The molecular weight excluding hydrogens is 642 g/mol. The second-order valence-corrected chi connectivity index (χ2v) is 13.9. The monoisotopic (exact) mass is 677 g/mol. The molecule has 2 amide bonds. The molecular formula is C31H37BrClN3O5S. The van der Waals surface area contributed by atoms with Crippen molar-refractivity contribution in [1.82, 2.24) is 10.2 Å². The van der Waals surface area contributed by atoms with Crippen LogP contribution in [0.15, 0.2) is 82.2 Å². The third-order valence-electron chi connectivity index (χ3n) is 6.27. The molecule has 0 saturated carbocycles. The number of nitrogens with one attached hydrogen (secondary N) is 1. The van der Waals surface area contributed by atoms with E-state index in [1.165, 1.54) is 17.0 Å². The molecule has 0 unspecified atom stereocenters. The van der Waals surface area contributed by atoms with Crippen LogP contribution in [-0.4, -0.2) is 49.9 Å². The van der Waals surface area contributed by atoms with Gasteiger partial charge in [-0.3, -0.25) is 13.9 Å². The summed E-state index contributed by atoms with van der Waals surface area (Å²) in [7, 11) is -4.18. The Balaban J connectivity index is 2.07. The molecule has 3 rings (SSSR count). The SMILES string of the molecule is CCOc1ccc(N(CC(=O)N(Cc2ccc(Cl)cc2)[C@H](CC)C(=O)NC(C)(C)C)S(=O)(=O)c2ccc(Br)cc2)cc1. The van der Waals surface area contributed by atoms with Crippen molar-refractivity contribution in [2.75, 3.05) is 17.5 Å². The molecule has 0 aromatic heterocycles.